The number of esters is 1. The number of thiophene rings is 2. The zero-order valence-electron chi connectivity index (χ0n) is 16.3. The second kappa shape index (κ2) is 8.78. The molecule has 0 spiro atoms. The van der Waals surface area contributed by atoms with Crippen molar-refractivity contribution < 1.29 is 18.7 Å². The molecule has 10 heteroatoms. The molecule has 3 aromatic heterocycles. The van der Waals surface area contributed by atoms with E-state index in [1.807, 2.05) is 17.5 Å². The predicted octanol–water partition coefficient (Wildman–Crippen LogP) is 4.14. The van der Waals surface area contributed by atoms with Crippen molar-refractivity contribution in [2.45, 2.75) is 13.5 Å². The van der Waals surface area contributed by atoms with E-state index in [2.05, 4.69) is 10.3 Å². The maximum Gasteiger partial charge on any atom is 0.341 e. The number of rotatable bonds is 6. The summed E-state index contributed by atoms with van der Waals surface area (Å²) in [4.78, 5) is 42.8. The van der Waals surface area contributed by atoms with Crippen LogP contribution in [0.25, 0.3) is 21.3 Å². The third-order valence-corrected chi connectivity index (χ3v) is 6.21. The number of hydrogen-bond acceptors (Lipinski definition) is 7. The Bertz CT molecular complexity index is 1330. The number of carbonyl (C=O) groups excluding carboxylic acids is 2. The van der Waals surface area contributed by atoms with Crippen molar-refractivity contribution in [1.29, 1.82) is 0 Å². The molecule has 0 saturated heterocycles. The third kappa shape index (κ3) is 4.25. The van der Waals surface area contributed by atoms with E-state index < -0.39 is 23.3 Å². The molecule has 3 heterocycles. The van der Waals surface area contributed by atoms with Gasteiger partial charge in [-0.15, -0.1) is 22.7 Å². The Balaban J connectivity index is 1.62. The maximum atomic E-state index is 13.5. The molecule has 0 aliphatic carbocycles. The molecule has 7 nitrogen and oxygen atoms in total. The number of hydrogen-bond donors (Lipinski definition) is 1. The standard InChI is InChI=1S/C21H16FN3O4S2/c1-2-29-21(28)18-14(16-4-3-7-30-16)10-31-19(18)24-17(26)9-25-11-23-15-6-5-12(22)8-13(15)20(25)27/h3-8,10-11H,2,9H2,1H3,(H,24,26). The van der Waals surface area contributed by atoms with Crippen LogP contribution in [-0.4, -0.2) is 28.0 Å². The Labute approximate surface area is 183 Å². The van der Waals surface area contributed by atoms with Gasteiger partial charge in [0.1, 0.15) is 22.9 Å². The van der Waals surface area contributed by atoms with Gasteiger partial charge in [-0.25, -0.2) is 14.2 Å². The number of fused-ring (bicyclic) bond motifs is 1. The second-order valence-electron chi connectivity index (χ2n) is 6.44. The van der Waals surface area contributed by atoms with Crippen LogP contribution in [0.2, 0.25) is 0 Å². The minimum Gasteiger partial charge on any atom is -0.462 e. The van der Waals surface area contributed by atoms with Gasteiger partial charge in [-0.05, 0) is 36.6 Å². The minimum atomic E-state index is -0.563. The van der Waals surface area contributed by atoms with Crippen molar-refractivity contribution >= 4 is 50.5 Å². The number of carbonyl (C=O) groups is 2. The van der Waals surface area contributed by atoms with Gasteiger partial charge in [-0.2, -0.15) is 0 Å². The average molecular weight is 458 g/mol. The van der Waals surface area contributed by atoms with Crippen LogP contribution in [0.4, 0.5) is 9.39 Å². The minimum absolute atomic E-state index is 0.0821. The number of nitrogens with zero attached hydrogens (tertiary/aromatic N) is 2. The van der Waals surface area contributed by atoms with E-state index in [9.17, 15) is 18.8 Å². The molecular weight excluding hydrogens is 441 g/mol. The lowest BCUT2D eigenvalue weighted by molar-refractivity contribution is -0.116. The van der Waals surface area contributed by atoms with Gasteiger partial charge in [-0.1, -0.05) is 6.07 Å². The van der Waals surface area contributed by atoms with Crippen LogP contribution in [0, 0.1) is 5.82 Å². The molecule has 1 aromatic carbocycles. The van der Waals surface area contributed by atoms with E-state index in [-0.39, 0.29) is 24.1 Å². The molecule has 0 saturated carbocycles. The van der Waals surface area contributed by atoms with Crippen LogP contribution < -0.4 is 10.9 Å². The quantitative estimate of drug-likeness (QED) is 0.440. The Kier molecular flexibility index (Phi) is 5.92. The fourth-order valence-corrected chi connectivity index (χ4v) is 4.82. The Morgan fingerprint density at radius 2 is 2.10 bits per heavy atom. The van der Waals surface area contributed by atoms with Gasteiger partial charge in [0.15, 0.2) is 0 Å². The topological polar surface area (TPSA) is 90.3 Å². The molecule has 0 atom stereocenters. The van der Waals surface area contributed by atoms with Crippen molar-refractivity contribution in [2.24, 2.45) is 0 Å². The van der Waals surface area contributed by atoms with Gasteiger partial charge >= 0.3 is 5.97 Å². The summed E-state index contributed by atoms with van der Waals surface area (Å²) in [7, 11) is 0. The first-order valence-corrected chi connectivity index (χ1v) is 11.0. The van der Waals surface area contributed by atoms with Gasteiger partial charge in [0.05, 0.1) is 23.8 Å². The molecule has 158 valence electrons. The smallest absolute Gasteiger partial charge is 0.341 e. The highest BCUT2D eigenvalue weighted by atomic mass is 32.1. The molecule has 1 N–H and O–H groups in total. The fourth-order valence-electron chi connectivity index (χ4n) is 3.03. The van der Waals surface area contributed by atoms with Crippen molar-refractivity contribution in [3.8, 4) is 10.4 Å². The lowest BCUT2D eigenvalue weighted by Crippen LogP contribution is -2.28. The van der Waals surface area contributed by atoms with Gasteiger partial charge in [-0.3, -0.25) is 14.2 Å². The van der Waals surface area contributed by atoms with Crippen LogP contribution >= 0.6 is 22.7 Å². The average Bonchev–Trinajstić information content (AvgIpc) is 3.40. The van der Waals surface area contributed by atoms with E-state index in [1.54, 1.807) is 12.3 Å². The van der Waals surface area contributed by atoms with Crippen molar-refractivity contribution in [1.82, 2.24) is 9.55 Å². The number of nitrogens with one attached hydrogen (secondary N) is 1. The molecular formula is C21H16FN3O4S2. The van der Waals surface area contributed by atoms with Crippen LogP contribution in [0.5, 0.6) is 0 Å². The van der Waals surface area contributed by atoms with Gasteiger partial charge in [0, 0.05) is 15.8 Å². The highest BCUT2D eigenvalue weighted by Gasteiger charge is 2.23. The number of aromatic nitrogens is 2. The summed E-state index contributed by atoms with van der Waals surface area (Å²) in [5.74, 6) is -1.63. The molecule has 31 heavy (non-hydrogen) atoms. The third-order valence-electron chi connectivity index (χ3n) is 4.41. The van der Waals surface area contributed by atoms with Gasteiger partial charge in [0.2, 0.25) is 5.91 Å². The number of anilines is 1. The first-order valence-electron chi connectivity index (χ1n) is 9.25. The van der Waals surface area contributed by atoms with Crippen molar-refractivity contribution in [2.75, 3.05) is 11.9 Å². The lowest BCUT2D eigenvalue weighted by atomic mass is 10.1. The van der Waals surface area contributed by atoms with Crippen molar-refractivity contribution in [3.05, 3.63) is 69.2 Å². The van der Waals surface area contributed by atoms with E-state index in [0.29, 0.717) is 16.1 Å². The summed E-state index contributed by atoms with van der Waals surface area (Å²) in [5, 5.41) is 6.77. The maximum absolute atomic E-state index is 13.5. The summed E-state index contributed by atoms with van der Waals surface area (Å²) in [5.41, 5.74) is 0.754. The molecule has 0 fully saturated rings. The Morgan fingerprint density at radius 1 is 1.26 bits per heavy atom. The van der Waals surface area contributed by atoms with E-state index in [4.69, 9.17) is 4.74 Å². The van der Waals surface area contributed by atoms with Crippen molar-refractivity contribution in [3.63, 3.8) is 0 Å². The van der Waals surface area contributed by atoms with Gasteiger partial charge in [0.25, 0.3) is 5.56 Å². The molecule has 0 aliphatic heterocycles. The highest BCUT2D eigenvalue weighted by molar-refractivity contribution is 7.17. The lowest BCUT2D eigenvalue weighted by Gasteiger charge is -2.09. The van der Waals surface area contributed by atoms with E-state index >= 15 is 0 Å². The first kappa shape index (κ1) is 20.9. The van der Waals surface area contributed by atoms with E-state index in [0.717, 1.165) is 15.5 Å². The fraction of sp³-hybridized carbons (Fsp3) is 0.143. The largest absolute Gasteiger partial charge is 0.462 e. The van der Waals surface area contributed by atoms with Gasteiger partial charge < -0.3 is 10.1 Å². The first-order chi connectivity index (χ1) is 15.0. The monoisotopic (exact) mass is 457 g/mol. The zero-order chi connectivity index (χ0) is 22.0. The second-order valence-corrected chi connectivity index (χ2v) is 8.27. The summed E-state index contributed by atoms with van der Waals surface area (Å²) in [6, 6.07) is 7.45. The molecule has 1 amide bonds. The van der Waals surface area contributed by atoms with Crippen LogP contribution in [0.15, 0.2) is 52.2 Å². The van der Waals surface area contributed by atoms with Crippen LogP contribution in [-0.2, 0) is 16.1 Å². The number of halogens is 1. The summed E-state index contributed by atoms with van der Waals surface area (Å²) in [6.07, 6.45) is 1.24. The Morgan fingerprint density at radius 3 is 2.84 bits per heavy atom. The molecule has 4 rings (SSSR count). The summed E-state index contributed by atoms with van der Waals surface area (Å²) in [6.45, 7) is 1.56. The summed E-state index contributed by atoms with van der Waals surface area (Å²) >= 11 is 2.66. The molecule has 4 aromatic rings. The highest BCUT2D eigenvalue weighted by Crippen LogP contribution is 2.38. The SMILES string of the molecule is CCOC(=O)c1c(-c2cccs2)csc1NC(=O)Cn1cnc2ccc(F)cc2c1=O. The number of ether oxygens (including phenoxy) is 1. The van der Waals surface area contributed by atoms with Crippen LogP contribution in [0.1, 0.15) is 17.3 Å². The molecule has 0 aliphatic rings. The number of amides is 1. The normalized spacial score (nSPS) is 10.9. The van der Waals surface area contributed by atoms with E-state index in [1.165, 1.54) is 41.1 Å². The zero-order valence-corrected chi connectivity index (χ0v) is 17.9. The summed E-state index contributed by atoms with van der Waals surface area (Å²) < 4.78 is 19.8. The van der Waals surface area contributed by atoms with Crippen LogP contribution in [0.3, 0.4) is 0 Å². The molecule has 0 bridgehead atoms. The molecule has 0 radical (unpaired) electrons. The predicted molar refractivity (Wildman–Crippen MR) is 118 cm³/mol. The Hall–Kier alpha value is -3.37. The molecule has 0 unspecified atom stereocenters. The number of benzene rings is 1.